The first kappa shape index (κ1) is 22.4. The SMILES string of the molecule is CC(=O)C(C)ON1C(=O)[C@@H](CC(=O)/C(=N\OCC(=O)O)c2csc(N)n2)C1(C)C. The first-order chi connectivity index (χ1) is 13.4. The number of aromatic nitrogens is 1. The zero-order valence-electron chi connectivity index (χ0n) is 16.4. The van der Waals surface area contributed by atoms with Crippen molar-refractivity contribution in [2.24, 2.45) is 11.1 Å². The number of carbonyl (C=O) groups excluding carboxylic acids is 3. The van der Waals surface area contributed by atoms with E-state index in [4.69, 9.17) is 15.7 Å². The van der Waals surface area contributed by atoms with Crippen LogP contribution in [0.4, 0.5) is 5.13 Å². The lowest BCUT2D eigenvalue weighted by Gasteiger charge is -2.52. The van der Waals surface area contributed by atoms with Crippen LogP contribution in [0.1, 0.15) is 39.8 Å². The van der Waals surface area contributed by atoms with Crippen molar-refractivity contribution in [3.63, 3.8) is 0 Å². The molecule has 11 nitrogen and oxygen atoms in total. The van der Waals surface area contributed by atoms with Gasteiger partial charge in [0.2, 0.25) is 6.61 Å². The zero-order chi connectivity index (χ0) is 21.9. The van der Waals surface area contributed by atoms with Crippen LogP contribution in [-0.4, -0.2) is 62.6 Å². The molecule has 29 heavy (non-hydrogen) atoms. The van der Waals surface area contributed by atoms with E-state index >= 15 is 0 Å². The van der Waals surface area contributed by atoms with E-state index in [1.807, 2.05) is 0 Å². The normalized spacial score (nSPS) is 19.4. The second-order valence-electron chi connectivity index (χ2n) is 7.00. The molecule has 2 atom stereocenters. The molecule has 1 aromatic rings. The lowest BCUT2D eigenvalue weighted by molar-refractivity contribution is -0.279. The predicted molar refractivity (Wildman–Crippen MR) is 102 cm³/mol. The van der Waals surface area contributed by atoms with Crippen molar-refractivity contribution < 1.29 is 34.0 Å². The number of β-lactam (4-membered cyclic amide) rings is 1. The summed E-state index contributed by atoms with van der Waals surface area (Å²) in [5.74, 6) is -3.23. The van der Waals surface area contributed by atoms with Gasteiger partial charge in [-0.1, -0.05) is 5.16 Å². The topological polar surface area (TPSA) is 161 Å². The van der Waals surface area contributed by atoms with Crippen molar-refractivity contribution in [1.29, 1.82) is 0 Å². The van der Waals surface area contributed by atoms with Crippen molar-refractivity contribution in [1.82, 2.24) is 10.0 Å². The summed E-state index contributed by atoms with van der Waals surface area (Å²) in [7, 11) is 0. The molecule has 0 saturated carbocycles. The third kappa shape index (κ3) is 4.95. The first-order valence-electron chi connectivity index (χ1n) is 8.62. The van der Waals surface area contributed by atoms with Gasteiger partial charge in [-0.2, -0.15) is 0 Å². The average Bonchev–Trinajstić information content (AvgIpc) is 3.05. The number of hydrogen-bond acceptors (Lipinski definition) is 10. The van der Waals surface area contributed by atoms with Gasteiger partial charge in [0.15, 0.2) is 22.4 Å². The number of ketones is 2. The fourth-order valence-corrected chi connectivity index (χ4v) is 3.18. The summed E-state index contributed by atoms with van der Waals surface area (Å²) in [5, 5.41) is 15.0. The number of oxime groups is 1. The van der Waals surface area contributed by atoms with Crippen molar-refractivity contribution in [2.45, 2.75) is 45.8 Å². The van der Waals surface area contributed by atoms with Crippen LogP contribution in [0.25, 0.3) is 0 Å². The van der Waals surface area contributed by atoms with Crippen LogP contribution < -0.4 is 5.73 Å². The molecular formula is C17H22N4O7S. The summed E-state index contributed by atoms with van der Waals surface area (Å²) in [6.07, 6.45) is -1.03. The third-order valence-corrected chi connectivity index (χ3v) is 5.15. The van der Waals surface area contributed by atoms with Gasteiger partial charge in [0, 0.05) is 11.8 Å². The summed E-state index contributed by atoms with van der Waals surface area (Å²) in [4.78, 5) is 61.4. The Balaban J connectivity index is 2.15. The van der Waals surface area contributed by atoms with E-state index in [0.717, 1.165) is 16.4 Å². The Morgan fingerprint density at radius 2 is 2.10 bits per heavy atom. The Morgan fingerprint density at radius 1 is 1.45 bits per heavy atom. The minimum atomic E-state index is -1.26. The van der Waals surface area contributed by atoms with Crippen molar-refractivity contribution in [2.75, 3.05) is 12.3 Å². The van der Waals surface area contributed by atoms with Crippen LogP contribution in [0.5, 0.6) is 0 Å². The molecule has 158 valence electrons. The van der Waals surface area contributed by atoms with Crippen LogP contribution in [0.15, 0.2) is 10.5 Å². The van der Waals surface area contributed by atoms with E-state index in [1.54, 1.807) is 13.8 Å². The molecule has 0 aromatic carbocycles. The number of hydrogen-bond donors (Lipinski definition) is 2. The Morgan fingerprint density at radius 3 is 2.59 bits per heavy atom. The van der Waals surface area contributed by atoms with Gasteiger partial charge in [0.25, 0.3) is 5.91 Å². The minimum Gasteiger partial charge on any atom is -0.479 e. The van der Waals surface area contributed by atoms with Crippen molar-refractivity contribution in [3.8, 4) is 0 Å². The largest absolute Gasteiger partial charge is 0.479 e. The summed E-state index contributed by atoms with van der Waals surface area (Å²) in [6, 6.07) is 0. The molecule has 0 aliphatic carbocycles. The van der Waals surface area contributed by atoms with Gasteiger partial charge in [0.1, 0.15) is 11.8 Å². The number of nitrogen functional groups attached to an aromatic ring is 1. The number of carbonyl (C=O) groups is 4. The highest BCUT2D eigenvalue weighted by Gasteiger charge is 2.56. The van der Waals surface area contributed by atoms with E-state index in [9.17, 15) is 19.2 Å². The molecule has 2 rings (SSSR count). The number of nitrogens with zero attached hydrogens (tertiary/aromatic N) is 3. The zero-order valence-corrected chi connectivity index (χ0v) is 17.2. The van der Waals surface area contributed by atoms with Gasteiger partial charge in [-0.3, -0.25) is 19.2 Å². The molecule has 12 heteroatoms. The van der Waals surface area contributed by atoms with E-state index in [1.165, 1.54) is 19.2 Å². The van der Waals surface area contributed by atoms with Crippen LogP contribution in [-0.2, 0) is 28.9 Å². The summed E-state index contributed by atoms with van der Waals surface area (Å²) < 4.78 is 0. The second-order valence-corrected chi connectivity index (χ2v) is 7.89. The number of thiazole rings is 1. The quantitative estimate of drug-likeness (QED) is 0.310. The fraction of sp³-hybridized carbons (Fsp3) is 0.529. The van der Waals surface area contributed by atoms with Gasteiger partial charge in [0.05, 0.1) is 11.5 Å². The van der Waals surface area contributed by atoms with Gasteiger partial charge in [-0.15, -0.1) is 11.3 Å². The number of carboxylic acids is 1. The Bertz CT molecular complexity index is 864. The number of amides is 1. The first-order valence-corrected chi connectivity index (χ1v) is 9.50. The summed E-state index contributed by atoms with van der Waals surface area (Å²) >= 11 is 1.07. The molecule has 1 unspecified atom stereocenters. The Hall–Kier alpha value is -2.86. The standard InChI is InChI=1S/C17H22N4O7S/c1-8(22)9(2)28-21-15(26)10(17(21,3)4)5-12(23)14(20-27-6-13(24)25)11-7-29-16(18)19-11/h7,9-10H,5-6H2,1-4H3,(H2,18,19)(H,24,25)/b20-14-/t9?,10-/m1/s1. The highest BCUT2D eigenvalue weighted by Crippen LogP contribution is 2.40. The number of carboxylic acid groups (broad SMARTS) is 1. The number of Topliss-reactive ketones (excluding diaryl/α,β-unsaturated/α-hetero) is 2. The summed E-state index contributed by atoms with van der Waals surface area (Å²) in [5.41, 5.74) is 4.65. The molecule has 3 N–H and O–H groups in total. The van der Waals surface area contributed by atoms with Crippen LogP contribution >= 0.6 is 11.3 Å². The number of nitrogens with two attached hydrogens (primary N) is 1. The molecule has 1 amide bonds. The van der Waals surface area contributed by atoms with E-state index in [-0.39, 0.29) is 28.7 Å². The van der Waals surface area contributed by atoms with E-state index in [2.05, 4.69) is 15.0 Å². The van der Waals surface area contributed by atoms with Crippen LogP contribution in [0.2, 0.25) is 0 Å². The number of hydroxylamine groups is 2. The highest BCUT2D eigenvalue weighted by atomic mass is 32.1. The summed E-state index contributed by atoms with van der Waals surface area (Å²) in [6.45, 7) is 5.55. The molecule has 1 aliphatic rings. The van der Waals surface area contributed by atoms with Gasteiger partial charge < -0.3 is 15.7 Å². The molecule has 1 aromatic heterocycles. The number of anilines is 1. The maximum absolute atomic E-state index is 12.8. The maximum atomic E-state index is 12.8. The van der Waals surface area contributed by atoms with Crippen molar-refractivity contribution >= 4 is 45.6 Å². The van der Waals surface area contributed by atoms with Crippen LogP contribution in [0, 0.1) is 5.92 Å². The Labute approximate surface area is 170 Å². The molecule has 0 bridgehead atoms. The van der Waals surface area contributed by atoms with Crippen LogP contribution in [0.3, 0.4) is 0 Å². The van der Waals surface area contributed by atoms with Gasteiger partial charge in [-0.25, -0.2) is 14.8 Å². The van der Waals surface area contributed by atoms with E-state index < -0.39 is 41.8 Å². The highest BCUT2D eigenvalue weighted by molar-refractivity contribution is 7.13. The predicted octanol–water partition coefficient (Wildman–Crippen LogP) is 0.636. The fourth-order valence-electron chi connectivity index (χ4n) is 2.63. The smallest absolute Gasteiger partial charge is 0.344 e. The monoisotopic (exact) mass is 426 g/mol. The second kappa shape index (κ2) is 8.66. The molecule has 0 radical (unpaired) electrons. The minimum absolute atomic E-state index is 0.130. The number of rotatable bonds is 10. The van der Waals surface area contributed by atoms with Crippen molar-refractivity contribution in [3.05, 3.63) is 11.1 Å². The molecular weight excluding hydrogens is 404 g/mol. The molecule has 1 saturated heterocycles. The molecule has 2 heterocycles. The third-order valence-electron chi connectivity index (χ3n) is 4.47. The molecule has 1 aliphatic heterocycles. The molecule has 1 fully saturated rings. The Kier molecular flexibility index (Phi) is 6.69. The molecule has 0 spiro atoms. The average molecular weight is 426 g/mol. The number of aliphatic carboxylic acids is 1. The van der Waals surface area contributed by atoms with E-state index in [0.29, 0.717) is 0 Å². The lowest BCUT2D eigenvalue weighted by atomic mass is 9.74. The van der Waals surface area contributed by atoms with Gasteiger partial charge >= 0.3 is 5.97 Å². The maximum Gasteiger partial charge on any atom is 0.344 e. The van der Waals surface area contributed by atoms with Gasteiger partial charge in [-0.05, 0) is 27.7 Å². The lowest BCUT2D eigenvalue weighted by Crippen LogP contribution is -2.68.